The SMILES string of the molecule is CC1(C)CC(OCC2(C)CCC3(C)OC3C2)C2OC2(C)C1. The number of rotatable bonds is 3. The minimum atomic E-state index is 0.0814. The second-order valence-corrected chi connectivity index (χ2v) is 9.68. The van der Waals surface area contributed by atoms with Crippen molar-refractivity contribution in [3.8, 4) is 0 Å². The first-order valence-corrected chi connectivity index (χ1v) is 8.61. The number of epoxide rings is 2. The van der Waals surface area contributed by atoms with Gasteiger partial charge in [-0.15, -0.1) is 0 Å². The van der Waals surface area contributed by atoms with Crippen molar-refractivity contribution < 1.29 is 14.2 Å². The zero-order valence-electron chi connectivity index (χ0n) is 14.2. The van der Waals surface area contributed by atoms with Gasteiger partial charge >= 0.3 is 0 Å². The van der Waals surface area contributed by atoms with Crippen LogP contribution >= 0.6 is 0 Å². The molecule has 0 aromatic heterocycles. The summed E-state index contributed by atoms with van der Waals surface area (Å²) < 4.78 is 18.2. The molecule has 6 unspecified atom stereocenters. The van der Waals surface area contributed by atoms with E-state index in [1.807, 2.05) is 0 Å². The van der Waals surface area contributed by atoms with Crippen LogP contribution in [0.15, 0.2) is 0 Å². The van der Waals surface area contributed by atoms with E-state index in [4.69, 9.17) is 14.2 Å². The van der Waals surface area contributed by atoms with Gasteiger partial charge in [0, 0.05) is 0 Å². The summed E-state index contributed by atoms with van der Waals surface area (Å²) in [6, 6.07) is 0. The number of hydrogen-bond acceptors (Lipinski definition) is 3. The largest absolute Gasteiger partial charge is 0.375 e. The summed E-state index contributed by atoms with van der Waals surface area (Å²) in [6.07, 6.45) is 6.94. The van der Waals surface area contributed by atoms with Gasteiger partial charge in [0.15, 0.2) is 0 Å². The van der Waals surface area contributed by atoms with Crippen LogP contribution in [0.1, 0.15) is 66.7 Å². The van der Waals surface area contributed by atoms with Crippen LogP contribution in [-0.2, 0) is 14.2 Å². The molecule has 2 saturated heterocycles. The Morgan fingerprint density at radius 3 is 2.43 bits per heavy atom. The Labute approximate surface area is 128 Å². The van der Waals surface area contributed by atoms with Crippen molar-refractivity contribution in [2.75, 3.05) is 6.61 Å². The minimum Gasteiger partial charge on any atom is -0.375 e. The van der Waals surface area contributed by atoms with Crippen LogP contribution in [0.25, 0.3) is 0 Å². The zero-order valence-corrected chi connectivity index (χ0v) is 14.2. The molecule has 2 aliphatic heterocycles. The number of ether oxygens (including phenoxy) is 3. The maximum Gasteiger partial charge on any atom is 0.113 e. The molecular formula is C18H30O3. The van der Waals surface area contributed by atoms with Crippen LogP contribution in [-0.4, -0.2) is 36.1 Å². The fourth-order valence-corrected chi connectivity index (χ4v) is 5.00. The van der Waals surface area contributed by atoms with Crippen LogP contribution in [0, 0.1) is 10.8 Å². The Morgan fingerprint density at radius 1 is 0.952 bits per heavy atom. The van der Waals surface area contributed by atoms with Gasteiger partial charge in [0.1, 0.15) is 6.10 Å². The predicted molar refractivity (Wildman–Crippen MR) is 81.3 cm³/mol. The lowest BCUT2D eigenvalue weighted by Crippen LogP contribution is -2.42. The summed E-state index contributed by atoms with van der Waals surface area (Å²) in [5.41, 5.74) is 0.897. The molecule has 0 radical (unpaired) electrons. The summed E-state index contributed by atoms with van der Waals surface area (Å²) in [5, 5.41) is 0. The lowest BCUT2D eigenvalue weighted by atomic mass is 9.71. The van der Waals surface area contributed by atoms with E-state index in [0.717, 1.165) is 25.9 Å². The minimum absolute atomic E-state index is 0.0814. The molecule has 3 heteroatoms. The smallest absolute Gasteiger partial charge is 0.113 e. The zero-order chi connectivity index (χ0) is 15.1. The molecule has 21 heavy (non-hydrogen) atoms. The average molecular weight is 294 g/mol. The van der Waals surface area contributed by atoms with E-state index in [2.05, 4.69) is 34.6 Å². The van der Waals surface area contributed by atoms with Crippen molar-refractivity contribution in [2.24, 2.45) is 10.8 Å². The molecule has 3 nitrogen and oxygen atoms in total. The summed E-state index contributed by atoms with van der Waals surface area (Å²) in [7, 11) is 0. The molecule has 2 aliphatic carbocycles. The number of fused-ring (bicyclic) bond motifs is 2. The summed E-state index contributed by atoms with van der Waals surface area (Å²) in [4.78, 5) is 0. The van der Waals surface area contributed by atoms with Crippen molar-refractivity contribution in [1.29, 1.82) is 0 Å². The van der Waals surface area contributed by atoms with E-state index in [-0.39, 0.29) is 22.7 Å². The highest BCUT2D eigenvalue weighted by Crippen LogP contribution is 2.56. The van der Waals surface area contributed by atoms with E-state index >= 15 is 0 Å². The Kier molecular flexibility index (Phi) is 2.78. The molecule has 0 spiro atoms. The van der Waals surface area contributed by atoms with E-state index in [0.29, 0.717) is 17.6 Å². The van der Waals surface area contributed by atoms with Crippen LogP contribution in [0.4, 0.5) is 0 Å². The first-order chi connectivity index (χ1) is 9.63. The van der Waals surface area contributed by atoms with Crippen LogP contribution in [0.2, 0.25) is 0 Å². The molecule has 4 aliphatic rings. The molecule has 4 rings (SSSR count). The van der Waals surface area contributed by atoms with Crippen molar-refractivity contribution in [3.05, 3.63) is 0 Å². The van der Waals surface area contributed by atoms with Gasteiger partial charge in [0.05, 0.1) is 30.0 Å². The van der Waals surface area contributed by atoms with Gasteiger partial charge in [-0.2, -0.15) is 0 Å². The molecule has 120 valence electrons. The molecule has 0 N–H and O–H groups in total. The molecular weight excluding hydrogens is 264 g/mol. The quantitative estimate of drug-likeness (QED) is 0.744. The molecule has 0 aromatic rings. The van der Waals surface area contributed by atoms with E-state index < -0.39 is 0 Å². The topological polar surface area (TPSA) is 34.3 Å². The highest BCUT2D eigenvalue weighted by Gasteiger charge is 2.63. The monoisotopic (exact) mass is 294 g/mol. The average Bonchev–Trinajstić information content (AvgIpc) is 3.19. The Morgan fingerprint density at radius 2 is 1.71 bits per heavy atom. The molecule has 0 amide bonds. The van der Waals surface area contributed by atoms with Crippen molar-refractivity contribution in [1.82, 2.24) is 0 Å². The van der Waals surface area contributed by atoms with Crippen molar-refractivity contribution in [3.63, 3.8) is 0 Å². The fraction of sp³-hybridized carbons (Fsp3) is 1.00. The van der Waals surface area contributed by atoms with E-state index in [1.165, 1.54) is 12.8 Å². The third-order valence-electron chi connectivity index (χ3n) is 6.45. The lowest BCUT2D eigenvalue weighted by Gasteiger charge is -2.38. The highest BCUT2D eigenvalue weighted by molar-refractivity contribution is 5.11. The van der Waals surface area contributed by atoms with Gasteiger partial charge < -0.3 is 14.2 Å². The standard InChI is InChI=1S/C18H30O3/c1-15(2)8-12(14-18(5,10-15)21-14)19-11-16(3)6-7-17(4)13(9-16)20-17/h12-14H,6-11H2,1-5H3. The van der Waals surface area contributed by atoms with Crippen molar-refractivity contribution in [2.45, 2.75) is 96.2 Å². The maximum absolute atomic E-state index is 6.40. The third-order valence-corrected chi connectivity index (χ3v) is 6.45. The highest BCUT2D eigenvalue weighted by atomic mass is 16.6. The first-order valence-electron chi connectivity index (χ1n) is 8.61. The molecule has 0 bridgehead atoms. The van der Waals surface area contributed by atoms with Gasteiger partial charge in [-0.25, -0.2) is 0 Å². The first kappa shape index (κ1) is 14.5. The van der Waals surface area contributed by atoms with Crippen LogP contribution < -0.4 is 0 Å². The second kappa shape index (κ2) is 4.04. The summed E-state index contributed by atoms with van der Waals surface area (Å²) in [6.45, 7) is 12.4. The van der Waals surface area contributed by atoms with E-state index in [9.17, 15) is 0 Å². The van der Waals surface area contributed by atoms with Gasteiger partial charge in [-0.3, -0.25) is 0 Å². The molecule has 4 fully saturated rings. The van der Waals surface area contributed by atoms with Crippen LogP contribution in [0.5, 0.6) is 0 Å². The molecule has 2 heterocycles. The van der Waals surface area contributed by atoms with E-state index in [1.54, 1.807) is 0 Å². The molecule has 6 atom stereocenters. The Bertz CT molecular complexity index is 459. The summed E-state index contributed by atoms with van der Waals surface area (Å²) >= 11 is 0. The number of hydrogen-bond donors (Lipinski definition) is 0. The lowest BCUT2D eigenvalue weighted by molar-refractivity contribution is -0.0508. The van der Waals surface area contributed by atoms with Crippen molar-refractivity contribution >= 4 is 0 Å². The maximum atomic E-state index is 6.40. The van der Waals surface area contributed by atoms with Crippen LogP contribution in [0.3, 0.4) is 0 Å². The van der Waals surface area contributed by atoms with Gasteiger partial charge in [0.25, 0.3) is 0 Å². The molecule has 2 saturated carbocycles. The predicted octanol–water partition coefficient (Wildman–Crippen LogP) is 3.70. The van der Waals surface area contributed by atoms with Gasteiger partial charge in [0.2, 0.25) is 0 Å². The second-order valence-electron chi connectivity index (χ2n) is 9.68. The summed E-state index contributed by atoms with van der Waals surface area (Å²) in [5.74, 6) is 0. The fourth-order valence-electron chi connectivity index (χ4n) is 5.00. The van der Waals surface area contributed by atoms with Gasteiger partial charge in [-0.1, -0.05) is 20.8 Å². The third kappa shape index (κ3) is 2.46. The normalized spacial score (nSPS) is 57.3. The van der Waals surface area contributed by atoms with Gasteiger partial charge in [-0.05, 0) is 56.8 Å². The Hall–Kier alpha value is -0.120. The molecule has 0 aromatic carbocycles. The Balaban J connectivity index is 1.37.